The molecule has 0 unspecified atom stereocenters. The normalized spacial score (nSPS) is 10.0. The maximum absolute atomic E-state index is 11.6. The molecule has 4 N–H and O–H groups in total. The van der Waals surface area contributed by atoms with Crippen molar-refractivity contribution >= 4 is 11.7 Å². The van der Waals surface area contributed by atoms with E-state index in [0.29, 0.717) is 12.2 Å². The van der Waals surface area contributed by atoms with Crippen molar-refractivity contribution in [2.75, 3.05) is 5.73 Å². The number of anilines is 1. The van der Waals surface area contributed by atoms with Gasteiger partial charge in [0.1, 0.15) is 5.69 Å². The van der Waals surface area contributed by atoms with Gasteiger partial charge >= 0.3 is 0 Å². The summed E-state index contributed by atoms with van der Waals surface area (Å²) >= 11 is 0. The van der Waals surface area contributed by atoms with Crippen molar-refractivity contribution in [2.45, 2.75) is 6.54 Å². The van der Waals surface area contributed by atoms with Gasteiger partial charge in [-0.3, -0.25) is 4.79 Å². The molecule has 0 saturated carbocycles. The first-order valence-corrected chi connectivity index (χ1v) is 4.88. The highest BCUT2D eigenvalue weighted by molar-refractivity contribution is 5.96. The zero-order valence-electron chi connectivity index (χ0n) is 8.60. The lowest BCUT2D eigenvalue weighted by Gasteiger charge is -2.03. The first-order chi connectivity index (χ1) is 7.77. The van der Waals surface area contributed by atoms with Crippen molar-refractivity contribution in [1.82, 2.24) is 15.3 Å². The Bertz CT molecular complexity index is 478. The molecule has 0 spiro atoms. The molecule has 0 aliphatic heterocycles. The van der Waals surface area contributed by atoms with Gasteiger partial charge in [-0.2, -0.15) is 0 Å². The fourth-order valence-corrected chi connectivity index (χ4v) is 1.35. The average molecular weight is 216 g/mol. The van der Waals surface area contributed by atoms with Gasteiger partial charge in [0.05, 0.1) is 6.33 Å². The van der Waals surface area contributed by atoms with E-state index in [4.69, 9.17) is 5.73 Å². The molecule has 82 valence electrons. The van der Waals surface area contributed by atoms with E-state index in [9.17, 15) is 4.79 Å². The number of aromatic amines is 1. The van der Waals surface area contributed by atoms with Crippen LogP contribution in [0.1, 0.15) is 16.1 Å². The lowest BCUT2D eigenvalue weighted by atomic mass is 10.2. The van der Waals surface area contributed by atoms with E-state index in [-0.39, 0.29) is 11.7 Å². The Morgan fingerprint density at radius 3 is 2.75 bits per heavy atom. The van der Waals surface area contributed by atoms with Crippen LogP contribution in [0.15, 0.2) is 36.7 Å². The quantitative estimate of drug-likeness (QED) is 0.713. The van der Waals surface area contributed by atoms with Crippen LogP contribution in [-0.4, -0.2) is 15.9 Å². The summed E-state index contributed by atoms with van der Waals surface area (Å²) < 4.78 is 0. The lowest BCUT2D eigenvalue weighted by Crippen LogP contribution is -2.24. The van der Waals surface area contributed by atoms with E-state index in [1.165, 1.54) is 6.33 Å². The van der Waals surface area contributed by atoms with Crippen LogP contribution in [0.4, 0.5) is 5.82 Å². The number of carbonyl (C=O) groups excluding carboxylic acids is 1. The van der Waals surface area contributed by atoms with E-state index in [2.05, 4.69) is 15.3 Å². The number of rotatable bonds is 3. The maximum Gasteiger partial charge on any atom is 0.271 e. The standard InChI is InChI=1S/C11H12N4O/c12-10-9(14-7-15-10)11(16)13-6-8-4-2-1-3-5-8/h1-5,7H,6,12H2,(H,13,16)(H,14,15). The Hall–Kier alpha value is -2.30. The number of nitrogens with zero attached hydrogens (tertiary/aromatic N) is 1. The van der Waals surface area contributed by atoms with Gasteiger partial charge < -0.3 is 16.0 Å². The molecule has 0 aliphatic carbocycles. The summed E-state index contributed by atoms with van der Waals surface area (Å²) in [6.07, 6.45) is 1.40. The second-order valence-corrected chi connectivity index (χ2v) is 3.33. The molecular weight excluding hydrogens is 204 g/mol. The number of amides is 1. The topological polar surface area (TPSA) is 83.8 Å². The van der Waals surface area contributed by atoms with Crippen LogP contribution >= 0.6 is 0 Å². The Balaban J connectivity index is 1.97. The first-order valence-electron chi connectivity index (χ1n) is 4.88. The highest BCUT2D eigenvalue weighted by Crippen LogP contribution is 2.04. The molecule has 5 heteroatoms. The molecular formula is C11H12N4O. The van der Waals surface area contributed by atoms with Crippen LogP contribution in [0.25, 0.3) is 0 Å². The molecule has 0 atom stereocenters. The average Bonchev–Trinajstić information content (AvgIpc) is 2.74. The lowest BCUT2D eigenvalue weighted by molar-refractivity contribution is 0.0947. The van der Waals surface area contributed by atoms with Gasteiger partial charge in [0, 0.05) is 6.54 Å². The van der Waals surface area contributed by atoms with Crippen LogP contribution in [0, 0.1) is 0 Å². The smallest absolute Gasteiger partial charge is 0.271 e. The fraction of sp³-hybridized carbons (Fsp3) is 0.0909. The predicted octanol–water partition coefficient (Wildman–Crippen LogP) is 0.922. The molecule has 16 heavy (non-hydrogen) atoms. The third kappa shape index (κ3) is 2.20. The molecule has 0 aliphatic rings. The van der Waals surface area contributed by atoms with E-state index in [0.717, 1.165) is 5.56 Å². The molecule has 0 saturated heterocycles. The van der Waals surface area contributed by atoms with Crippen LogP contribution in [-0.2, 0) is 6.54 Å². The van der Waals surface area contributed by atoms with E-state index >= 15 is 0 Å². The summed E-state index contributed by atoms with van der Waals surface area (Å²) in [5, 5.41) is 2.75. The molecule has 5 nitrogen and oxygen atoms in total. The number of hydrogen-bond donors (Lipinski definition) is 3. The number of imidazole rings is 1. The van der Waals surface area contributed by atoms with E-state index < -0.39 is 0 Å². The second-order valence-electron chi connectivity index (χ2n) is 3.33. The molecule has 2 aromatic rings. The van der Waals surface area contributed by atoms with Crippen molar-refractivity contribution in [3.8, 4) is 0 Å². The number of aromatic nitrogens is 2. The summed E-state index contributed by atoms with van der Waals surface area (Å²) in [5.74, 6) is -0.0376. The molecule has 1 aromatic heterocycles. The van der Waals surface area contributed by atoms with Gasteiger partial charge in [0.15, 0.2) is 5.82 Å². The van der Waals surface area contributed by atoms with Crippen molar-refractivity contribution in [3.63, 3.8) is 0 Å². The summed E-state index contributed by atoms with van der Waals surface area (Å²) in [6.45, 7) is 0.470. The molecule has 1 amide bonds. The monoisotopic (exact) mass is 216 g/mol. The minimum atomic E-state index is -0.251. The Kier molecular flexibility index (Phi) is 2.86. The van der Waals surface area contributed by atoms with Crippen LogP contribution < -0.4 is 11.1 Å². The number of nitrogens with one attached hydrogen (secondary N) is 2. The van der Waals surface area contributed by atoms with Crippen LogP contribution in [0.3, 0.4) is 0 Å². The minimum Gasteiger partial charge on any atom is -0.382 e. The Morgan fingerprint density at radius 1 is 1.38 bits per heavy atom. The summed E-state index contributed by atoms with van der Waals surface area (Å²) in [7, 11) is 0. The van der Waals surface area contributed by atoms with Gasteiger partial charge in [0.25, 0.3) is 5.91 Å². The van der Waals surface area contributed by atoms with Crippen molar-refractivity contribution in [2.24, 2.45) is 0 Å². The fourth-order valence-electron chi connectivity index (χ4n) is 1.35. The van der Waals surface area contributed by atoms with Gasteiger partial charge in [0.2, 0.25) is 0 Å². The van der Waals surface area contributed by atoms with Gasteiger partial charge in [-0.25, -0.2) is 4.98 Å². The first kappa shape index (κ1) is 10.2. The van der Waals surface area contributed by atoms with Gasteiger partial charge in [-0.05, 0) is 5.56 Å². The van der Waals surface area contributed by atoms with Crippen LogP contribution in [0.5, 0.6) is 0 Å². The number of nitrogens with two attached hydrogens (primary N) is 1. The number of H-pyrrole nitrogens is 1. The van der Waals surface area contributed by atoms with Crippen molar-refractivity contribution in [3.05, 3.63) is 47.9 Å². The zero-order valence-corrected chi connectivity index (χ0v) is 8.60. The maximum atomic E-state index is 11.6. The van der Waals surface area contributed by atoms with Gasteiger partial charge in [-0.15, -0.1) is 0 Å². The van der Waals surface area contributed by atoms with Crippen LogP contribution in [0.2, 0.25) is 0 Å². The van der Waals surface area contributed by atoms with Crippen molar-refractivity contribution < 1.29 is 4.79 Å². The molecule has 2 rings (SSSR count). The number of hydrogen-bond acceptors (Lipinski definition) is 3. The summed E-state index contributed by atoms with van der Waals surface area (Å²) in [4.78, 5) is 18.1. The Labute approximate surface area is 92.7 Å². The Morgan fingerprint density at radius 2 is 2.12 bits per heavy atom. The van der Waals surface area contributed by atoms with E-state index in [1.54, 1.807) is 0 Å². The predicted molar refractivity (Wildman–Crippen MR) is 60.6 cm³/mol. The molecule has 0 fully saturated rings. The number of benzene rings is 1. The minimum absolute atomic E-state index is 0.213. The SMILES string of the molecule is Nc1nc[nH]c1C(=O)NCc1ccccc1. The summed E-state index contributed by atoms with van der Waals surface area (Å²) in [5.41, 5.74) is 6.85. The van der Waals surface area contributed by atoms with E-state index in [1.807, 2.05) is 30.3 Å². The molecule has 1 aromatic carbocycles. The zero-order chi connectivity index (χ0) is 11.4. The number of carbonyl (C=O) groups is 1. The molecule has 1 heterocycles. The molecule has 0 bridgehead atoms. The summed E-state index contributed by atoms with van der Waals surface area (Å²) in [6, 6.07) is 9.66. The largest absolute Gasteiger partial charge is 0.382 e. The highest BCUT2D eigenvalue weighted by Gasteiger charge is 2.10. The van der Waals surface area contributed by atoms with Crippen molar-refractivity contribution in [1.29, 1.82) is 0 Å². The third-order valence-corrected chi connectivity index (χ3v) is 2.19. The second kappa shape index (κ2) is 4.48. The highest BCUT2D eigenvalue weighted by atomic mass is 16.1. The van der Waals surface area contributed by atoms with Gasteiger partial charge in [-0.1, -0.05) is 30.3 Å². The third-order valence-electron chi connectivity index (χ3n) is 2.19. The molecule has 0 radical (unpaired) electrons. The number of nitrogen functional groups attached to an aromatic ring is 1.